The standard InChI is InChI=1S/C21H14F5N5OS.C8H13NO2.C7H12FN/c1-3-29-19-9-6-11(21(24,25)26)14(15(23)16(9)30-20(31-19)32-2)8-4-5-12(22)17-13(8)10(7-27)18(28)33-17;10-8(11-7-3-4-7)9-5-1-2-6-9;8-6-4-7-2-1-3-9(7)5-6/h4-6H,3,28H2,1-2H3,(H,29,30,31);7H,1-6H2;6-7H,1-5H2. The summed E-state index contributed by atoms with van der Waals surface area (Å²) in [7, 11) is 1.23. The second-order valence-corrected chi connectivity index (χ2v) is 14.3. The number of benzene rings is 2. The molecule has 3 N–H and O–H groups in total. The van der Waals surface area contributed by atoms with Gasteiger partial charge in [0, 0.05) is 48.6 Å². The molecule has 17 heteroatoms. The predicted octanol–water partition coefficient (Wildman–Crippen LogP) is 8.28. The highest BCUT2D eigenvalue weighted by atomic mass is 32.1. The number of hydrogen-bond donors (Lipinski definition) is 2. The molecule has 53 heavy (non-hydrogen) atoms. The quantitative estimate of drug-likeness (QED) is 0.193. The Bertz CT molecular complexity index is 2020. The fourth-order valence-electron chi connectivity index (χ4n) is 6.92. The molecule has 4 aromatic rings. The van der Waals surface area contributed by atoms with Crippen molar-refractivity contribution in [3.8, 4) is 23.2 Å². The van der Waals surface area contributed by atoms with Crippen LogP contribution >= 0.6 is 11.3 Å². The number of carbonyl (C=O) groups excluding carboxylic acids is 1. The summed E-state index contributed by atoms with van der Waals surface area (Å²) in [6.07, 6.45) is 2.39. The van der Waals surface area contributed by atoms with E-state index in [4.69, 9.17) is 15.2 Å². The lowest BCUT2D eigenvalue weighted by Gasteiger charge is -2.18. The van der Waals surface area contributed by atoms with E-state index in [9.17, 15) is 32.0 Å². The first kappa shape index (κ1) is 38.2. The number of halogens is 6. The average molecular weight is 764 g/mol. The molecule has 4 fully saturated rings. The minimum atomic E-state index is -5.00. The molecule has 2 aromatic heterocycles. The Hall–Kier alpha value is -4.56. The van der Waals surface area contributed by atoms with E-state index in [1.165, 1.54) is 20.0 Å². The van der Waals surface area contributed by atoms with Gasteiger partial charge in [-0.1, -0.05) is 6.07 Å². The van der Waals surface area contributed by atoms with Gasteiger partial charge in [0.25, 0.3) is 0 Å². The molecular weight excluding hydrogens is 724 g/mol. The van der Waals surface area contributed by atoms with Gasteiger partial charge < -0.3 is 25.4 Å². The van der Waals surface area contributed by atoms with Gasteiger partial charge in [0.1, 0.15) is 40.5 Å². The molecule has 3 aliphatic heterocycles. The predicted molar refractivity (Wildman–Crippen MR) is 190 cm³/mol. The summed E-state index contributed by atoms with van der Waals surface area (Å²) in [6, 6.07) is 4.75. The van der Waals surface area contributed by atoms with Gasteiger partial charge in [-0.3, -0.25) is 4.90 Å². The van der Waals surface area contributed by atoms with Crippen LogP contribution in [0.4, 0.5) is 42.0 Å². The minimum absolute atomic E-state index is 0.0444. The molecule has 2 atom stereocenters. The summed E-state index contributed by atoms with van der Waals surface area (Å²) < 4.78 is 95.3. The Morgan fingerprint density at radius 3 is 2.49 bits per heavy atom. The van der Waals surface area contributed by atoms with Gasteiger partial charge in [-0.2, -0.15) is 28.4 Å². The van der Waals surface area contributed by atoms with E-state index in [0.29, 0.717) is 23.9 Å². The molecule has 1 aliphatic carbocycles. The van der Waals surface area contributed by atoms with Crippen LogP contribution in [-0.2, 0) is 10.9 Å². The van der Waals surface area contributed by atoms with Crippen molar-refractivity contribution >= 4 is 49.2 Å². The number of fused-ring (bicyclic) bond motifs is 3. The van der Waals surface area contributed by atoms with Gasteiger partial charge in [0.05, 0.1) is 22.9 Å². The number of carbonyl (C=O) groups is 1. The third-order valence-electron chi connectivity index (χ3n) is 9.56. The van der Waals surface area contributed by atoms with Crippen LogP contribution in [-0.4, -0.2) is 84.0 Å². The minimum Gasteiger partial charge on any atom is -0.467 e. The van der Waals surface area contributed by atoms with E-state index in [0.717, 1.165) is 69.9 Å². The zero-order valence-corrected chi connectivity index (χ0v) is 30.0. The molecule has 8 rings (SSSR count). The van der Waals surface area contributed by atoms with Crippen LogP contribution < -0.4 is 15.8 Å². The Kier molecular flexibility index (Phi) is 11.4. The number of aromatic nitrogens is 2. The molecule has 1 saturated carbocycles. The third kappa shape index (κ3) is 8.18. The highest BCUT2D eigenvalue weighted by Crippen LogP contribution is 2.47. The van der Waals surface area contributed by atoms with Crippen molar-refractivity contribution < 1.29 is 40.6 Å². The Labute approximate surface area is 305 Å². The van der Waals surface area contributed by atoms with Crippen molar-refractivity contribution in [3.05, 3.63) is 41.0 Å². The highest BCUT2D eigenvalue weighted by molar-refractivity contribution is 7.23. The van der Waals surface area contributed by atoms with Crippen LogP contribution in [0.15, 0.2) is 18.2 Å². The van der Waals surface area contributed by atoms with Gasteiger partial charge in [-0.05, 0) is 76.1 Å². The second-order valence-electron chi connectivity index (χ2n) is 13.2. The summed E-state index contributed by atoms with van der Waals surface area (Å²) >= 11 is 0.698. The van der Waals surface area contributed by atoms with Crippen LogP contribution in [0.25, 0.3) is 32.1 Å². The molecule has 0 bridgehead atoms. The fraction of sp³-hybridized carbons (Fsp3) is 0.500. The number of methoxy groups -OCH3 is 1. The van der Waals surface area contributed by atoms with Gasteiger partial charge in [-0.25, -0.2) is 18.0 Å². The molecule has 2 aromatic carbocycles. The maximum Gasteiger partial charge on any atom is 0.417 e. The van der Waals surface area contributed by atoms with Crippen LogP contribution in [0.2, 0.25) is 0 Å². The number of thiophene rings is 1. The molecule has 1 amide bonds. The number of ether oxygens (including phenoxy) is 2. The summed E-state index contributed by atoms with van der Waals surface area (Å²) in [5.41, 5.74) is 2.59. The summed E-state index contributed by atoms with van der Waals surface area (Å²) in [5.74, 6) is -2.15. The molecular formula is C36H39F6N7O3S. The number of anilines is 2. The molecule has 2 unspecified atom stereocenters. The van der Waals surface area contributed by atoms with E-state index in [1.54, 1.807) is 17.9 Å². The van der Waals surface area contributed by atoms with Gasteiger partial charge in [0.15, 0.2) is 5.82 Å². The van der Waals surface area contributed by atoms with Crippen molar-refractivity contribution in [2.24, 2.45) is 0 Å². The molecule has 10 nitrogen and oxygen atoms in total. The number of nitrogens with zero attached hydrogens (tertiary/aromatic N) is 5. The lowest BCUT2D eigenvalue weighted by Crippen LogP contribution is -2.28. The zero-order chi connectivity index (χ0) is 38.0. The van der Waals surface area contributed by atoms with E-state index in [1.807, 2.05) is 0 Å². The first-order valence-corrected chi connectivity index (χ1v) is 18.3. The number of nitriles is 1. The topological polar surface area (TPSA) is 130 Å². The highest BCUT2D eigenvalue weighted by Gasteiger charge is 2.38. The average Bonchev–Trinajstić information content (AvgIpc) is 3.46. The lowest BCUT2D eigenvalue weighted by molar-refractivity contribution is -0.137. The molecule has 0 radical (unpaired) electrons. The monoisotopic (exact) mass is 763 g/mol. The first-order valence-electron chi connectivity index (χ1n) is 17.5. The number of rotatable bonds is 5. The van der Waals surface area contributed by atoms with Crippen molar-refractivity contribution in [1.82, 2.24) is 19.8 Å². The number of alkyl halides is 4. The van der Waals surface area contributed by atoms with Crippen molar-refractivity contribution in [3.63, 3.8) is 0 Å². The lowest BCUT2D eigenvalue weighted by atomic mass is 9.92. The fourth-order valence-corrected chi connectivity index (χ4v) is 7.87. The number of nitrogens with one attached hydrogen (secondary N) is 1. The largest absolute Gasteiger partial charge is 0.467 e. The second kappa shape index (κ2) is 15.8. The Balaban J connectivity index is 0.000000192. The van der Waals surface area contributed by atoms with Crippen molar-refractivity contribution in [1.29, 1.82) is 5.26 Å². The van der Waals surface area contributed by atoms with Crippen LogP contribution in [0, 0.1) is 23.0 Å². The van der Waals surface area contributed by atoms with Crippen molar-refractivity contribution in [2.45, 2.75) is 76.4 Å². The number of nitrogens with two attached hydrogens (primary N) is 1. The maximum atomic E-state index is 15.9. The van der Waals surface area contributed by atoms with E-state index < -0.39 is 40.6 Å². The maximum absolute atomic E-state index is 15.9. The van der Waals surface area contributed by atoms with Crippen LogP contribution in [0.5, 0.6) is 6.01 Å². The molecule has 0 spiro atoms. The van der Waals surface area contributed by atoms with E-state index >= 15 is 4.39 Å². The van der Waals surface area contributed by atoms with Gasteiger partial charge >= 0.3 is 18.3 Å². The first-order chi connectivity index (χ1) is 25.3. The van der Waals surface area contributed by atoms with E-state index in [-0.39, 0.29) is 62.2 Å². The Morgan fingerprint density at radius 1 is 1.13 bits per heavy atom. The molecule has 4 aliphatic rings. The van der Waals surface area contributed by atoms with Gasteiger partial charge in [0.2, 0.25) is 0 Å². The normalized spacial score (nSPS) is 19.6. The van der Waals surface area contributed by atoms with E-state index in [2.05, 4.69) is 20.2 Å². The smallest absolute Gasteiger partial charge is 0.417 e. The number of hydrogen-bond acceptors (Lipinski definition) is 10. The van der Waals surface area contributed by atoms with Crippen LogP contribution in [0.3, 0.4) is 0 Å². The number of likely N-dealkylation sites (tertiary alicyclic amines) is 1. The summed E-state index contributed by atoms with van der Waals surface area (Å²) in [5, 5.41) is 11.8. The molecule has 3 saturated heterocycles. The van der Waals surface area contributed by atoms with Gasteiger partial charge in [-0.15, -0.1) is 11.3 Å². The molecule has 284 valence electrons. The third-order valence-corrected chi connectivity index (χ3v) is 10.6. The summed E-state index contributed by atoms with van der Waals surface area (Å²) in [6.45, 7) is 5.63. The zero-order valence-electron chi connectivity index (χ0n) is 29.2. The SMILES string of the molecule is CCNc1nc(OC)nc2c(F)c(-c3ccc(F)c4sc(N)c(C#N)c34)c(C(F)(F)F)cc12.FC1CC2CCCN2C1.O=C(OC1CC1)N1CCCC1. The van der Waals surface area contributed by atoms with Crippen molar-refractivity contribution in [2.75, 3.05) is 50.9 Å². The van der Waals surface area contributed by atoms with Crippen LogP contribution in [0.1, 0.15) is 63.0 Å². The Morgan fingerprint density at radius 2 is 1.87 bits per heavy atom. The number of nitrogen functional groups attached to an aromatic ring is 1. The summed E-state index contributed by atoms with van der Waals surface area (Å²) in [4.78, 5) is 23.2. The number of amides is 1. The molecule has 5 heterocycles.